The van der Waals surface area contributed by atoms with Crippen molar-refractivity contribution in [3.63, 3.8) is 0 Å². The number of nitrogens with one attached hydrogen (secondary N) is 1. The van der Waals surface area contributed by atoms with E-state index < -0.39 is 6.17 Å². The summed E-state index contributed by atoms with van der Waals surface area (Å²) in [4.78, 5) is 28.3. The van der Waals surface area contributed by atoms with Gasteiger partial charge in [0.05, 0.1) is 23.5 Å². The third kappa shape index (κ3) is 4.21. The van der Waals surface area contributed by atoms with Crippen LogP contribution < -0.4 is 15.0 Å². The topological polar surface area (TPSA) is 91.7 Å². The summed E-state index contributed by atoms with van der Waals surface area (Å²) >= 11 is 0. The predicted octanol–water partition coefficient (Wildman–Crippen LogP) is 1.39. The molecule has 0 unspecified atom stereocenters. The van der Waals surface area contributed by atoms with Gasteiger partial charge in [0, 0.05) is 52.3 Å². The summed E-state index contributed by atoms with van der Waals surface area (Å²) in [6.07, 6.45) is 3.52. The lowest BCUT2D eigenvalue weighted by Gasteiger charge is -2.31. The molecule has 0 spiro atoms. The van der Waals surface area contributed by atoms with Crippen molar-refractivity contribution in [2.24, 2.45) is 0 Å². The fraction of sp³-hybridized carbons (Fsp3) is 0.680. The molecule has 0 bridgehead atoms. The van der Waals surface area contributed by atoms with Crippen LogP contribution in [0.3, 0.4) is 0 Å². The highest BCUT2D eigenvalue weighted by atomic mass is 19.1. The van der Waals surface area contributed by atoms with Crippen molar-refractivity contribution in [2.45, 2.75) is 63.4 Å². The lowest BCUT2D eigenvalue weighted by Crippen LogP contribution is -2.43. The molecule has 1 N–H and O–H groups in total. The quantitative estimate of drug-likeness (QED) is 0.661. The smallest absolute Gasteiger partial charge is 0.318 e. The summed E-state index contributed by atoms with van der Waals surface area (Å²) < 4.78 is 22.4. The van der Waals surface area contributed by atoms with Gasteiger partial charge in [0.2, 0.25) is 0 Å². The van der Waals surface area contributed by atoms with E-state index in [1.807, 2.05) is 10.7 Å². The maximum absolute atomic E-state index is 14.2. The van der Waals surface area contributed by atoms with Crippen LogP contribution in [-0.4, -0.2) is 94.0 Å². The average Bonchev–Trinajstić information content (AvgIpc) is 3.49. The van der Waals surface area contributed by atoms with Crippen LogP contribution in [0.15, 0.2) is 6.07 Å². The third-order valence-corrected chi connectivity index (χ3v) is 8.06. The summed E-state index contributed by atoms with van der Waals surface area (Å²) in [5.41, 5.74) is 3.36. The van der Waals surface area contributed by atoms with Crippen molar-refractivity contribution < 1.29 is 13.9 Å². The number of rotatable bonds is 5. The number of hydrogen-bond acceptors (Lipinski definition) is 8. The van der Waals surface area contributed by atoms with Crippen molar-refractivity contribution in [1.29, 1.82) is 0 Å². The van der Waals surface area contributed by atoms with Gasteiger partial charge in [-0.25, -0.2) is 4.39 Å². The first-order chi connectivity index (χ1) is 17.4. The van der Waals surface area contributed by atoms with Gasteiger partial charge in [-0.3, -0.25) is 14.4 Å². The normalized spacial score (nSPS) is 25.8. The number of nitrogens with zero attached hydrogens (tertiary/aromatic N) is 7. The zero-order chi connectivity index (χ0) is 24.9. The SMILES string of the molecule is CN(C)C(=O)c1cc2n(n1)CCCN(c1nc(OC[C@@]34CCCN3C[C@H](F)C4)nc3c1CCNC3)C2. The maximum Gasteiger partial charge on any atom is 0.318 e. The van der Waals surface area contributed by atoms with Crippen molar-refractivity contribution in [3.05, 3.63) is 28.7 Å². The van der Waals surface area contributed by atoms with Crippen LogP contribution >= 0.6 is 0 Å². The Morgan fingerprint density at radius 2 is 2.17 bits per heavy atom. The van der Waals surface area contributed by atoms with Gasteiger partial charge < -0.3 is 19.9 Å². The van der Waals surface area contributed by atoms with E-state index in [2.05, 4.69) is 20.2 Å². The first-order valence-corrected chi connectivity index (χ1v) is 13.1. The van der Waals surface area contributed by atoms with Crippen LogP contribution in [0, 0.1) is 0 Å². The van der Waals surface area contributed by atoms with Gasteiger partial charge in [-0.05, 0) is 44.8 Å². The van der Waals surface area contributed by atoms with Crippen LogP contribution in [0.5, 0.6) is 6.01 Å². The standard InChI is InChI=1S/C25H35FN8O2/c1-31(2)23(35)20-11-18-15-32(8-4-10-34(18)30-20)22-19-5-7-27-13-21(19)28-24(29-22)36-16-25-6-3-9-33(25)14-17(26)12-25/h11,17,27H,3-10,12-16H2,1-2H3/t17-,25+/m1/s1. The summed E-state index contributed by atoms with van der Waals surface area (Å²) in [7, 11) is 3.48. The van der Waals surface area contributed by atoms with E-state index in [0.717, 1.165) is 74.6 Å². The first-order valence-electron chi connectivity index (χ1n) is 13.1. The monoisotopic (exact) mass is 498 g/mol. The number of carbonyl (C=O) groups is 1. The van der Waals surface area contributed by atoms with E-state index in [9.17, 15) is 9.18 Å². The van der Waals surface area contributed by atoms with Crippen LogP contribution in [0.2, 0.25) is 0 Å². The molecule has 2 atom stereocenters. The molecule has 36 heavy (non-hydrogen) atoms. The molecular formula is C25H35FN8O2. The van der Waals surface area contributed by atoms with Crippen molar-refractivity contribution >= 4 is 11.7 Å². The van der Waals surface area contributed by atoms with Crippen LogP contribution in [0.4, 0.5) is 10.2 Å². The fourth-order valence-electron chi connectivity index (χ4n) is 6.27. The number of anilines is 1. The molecule has 2 aromatic heterocycles. The highest BCUT2D eigenvalue weighted by molar-refractivity contribution is 5.92. The van der Waals surface area contributed by atoms with Crippen LogP contribution in [-0.2, 0) is 26.1 Å². The third-order valence-electron chi connectivity index (χ3n) is 8.06. The molecule has 0 aromatic carbocycles. The molecule has 4 aliphatic heterocycles. The minimum Gasteiger partial charge on any atom is -0.461 e. The molecule has 6 heterocycles. The number of amides is 1. The van der Waals surface area contributed by atoms with E-state index in [0.29, 0.717) is 44.4 Å². The van der Waals surface area contributed by atoms with Crippen molar-refractivity contribution in [3.8, 4) is 6.01 Å². The second kappa shape index (κ2) is 9.26. The molecule has 0 saturated carbocycles. The number of ether oxygens (including phenoxy) is 1. The largest absolute Gasteiger partial charge is 0.461 e. The van der Waals surface area contributed by atoms with Gasteiger partial charge in [0.15, 0.2) is 5.69 Å². The van der Waals surface area contributed by atoms with Gasteiger partial charge >= 0.3 is 6.01 Å². The number of aromatic nitrogens is 4. The van der Waals surface area contributed by atoms with Crippen molar-refractivity contribution in [2.75, 3.05) is 51.8 Å². The van der Waals surface area contributed by atoms with Crippen LogP contribution in [0.25, 0.3) is 0 Å². The molecule has 2 saturated heterocycles. The first kappa shape index (κ1) is 23.6. The Bertz CT molecular complexity index is 1150. The molecule has 4 aliphatic rings. The zero-order valence-electron chi connectivity index (χ0n) is 21.2. The van der Waals surface area contributed by atoms with Gasteiger partial charge in [-0.1, -0.05) is 0 Å². The number of hydrogen-bond donors (Lipinski definition) is 1. The summed E-state index contributed by atoms with van der Waals surface area (Å²) in [6, 6.07) is 2.27. The summed E-state index contributed by atoms with van der Waals surface area (Å²) in [6.45, 7) is 5.62. The molecular weight excluding hydrogens is 463 g/mol. The van der Waals surface area contributed by atoms with E-state index in [4.69, 9.17) is 14.7 Å². The molecule has 6 rings (SSSR count). The molecule has 0 radical (unpaired) electrons. The number of aryl methyl sites for hydroxylation is 1. The Kier molecular flexibility index (Phi) is 6.07. The average molecular weight is 499 g/mol. The van der Waals surface area contributed by atoms with Gasteiger partial charge in [0.1, 0.15) is 18.6 Å². The minimum absolute atomic E-state index is 0.0916. The molecule has 194 valence electrons. The van der Waals surface area contributed by atoms with E-state index in [-0.39, 0.29) is 11.4 Å². The Balaban J connectivity index is 1.28. The molecule has 2 fully saturated rings. The Labute approximate surface area is 210 Å². The highest BCUT2D eigenvalue weighted by Crippen LogP contribution is 2.40. The Hall–Kier alpha value is -2.79. The molecule has 10 nitrogen and oxygen atoms in total. The second-order valence-corrected chi connectivity index (χ2v) is 10.8. The number of carbonyl (C=O) groups excluding carboxylic acids is 1. The van der Waals surface area contributed by atoms with Gasteiger partial charge in [0.25, 0.3) is 5.91 Å². The predicted molar refractivity (Wildman–Crippen MR) is 132 cm³/mol. The van der Waals surface area contributed by atoms with Crippen molar-refractivity contribution in [1.82, 2.24) is 34.9 Å². The minimum atomic E-state index is -0.788. The molecule has 1 amide bonds. The fourth-order valence-corrected chi connectivity index (χ4v) is 6.27. The summed E-state index contributed by atoms with van der Waals surface area (Å²) in [5, 5.41) is 7.98. The van der Waals surface area contributed by atoms with Gasteiger partial charge in [-0.2, -0.15) is 15.1 Å². The van der Waals surface area contributed by atoms with E-state index in [1.165, 1.54) is 0 Å². The second-order valence-electron chi connectivity index (χ2n) is 10.8. The zero-order valence-corrected chi connectivity index (χ0v) is 21.2. The molecule has 0 aliphatic carbocycles. The summed E-state index contributed by atoms with van der Waals surface area (Å²) in [5.74, 6) is 0.813. The number of alkyl halides is 1. The number of halogens is 1. The molecule has 2 aromatic rings. The number of fused-ring (bicyclic) bond motifs is 3. The Morgan fingerprint density at radius 3 is 3.03 bits per heavy atom. The van der Waals surface area contributed by atoms with E-state index >= 15 is 0 Å². The van der Waals surface area contributed by atoms with Crippen LogP contribution in [0.1, 0.15) is 53.1 Å². The Morgan fingerprint density at radius 1 is 1.28 bits per heavy atom. The highest BCUT2D eigenvalue weighted by Gasteiger charge is 2.49. The van der Waals surface area contributed by atoms with Gasteiger partial charge in [-0.15, -0.1) is 0 Å². The van der Waals surface area contributed by atoms with E-state index in [1.54, 1.807) is 19.0 Å². The maximum atomic E-state index is 14.2. The molecule has 11 heteroatoms. The lowest BCUT2D eigenvalue weighted by atomic mass is 9.95. The lowest BCUT2D eigenvalue weighted by molar-refractivity contribution is 0.0821.